The predicted molar refractivity (Wildman–Crippen MR) is 31.0 cm³/mol. The molecule has 0 aliphatic heterocycles. The summed E-state index contributed by atoms with van der Waals surface area (Å²) in [6.07, 6.45) is 2.02. The zero-order valence-corrected chi connectivity index (χ0v) is 5.05. The molecule has 3 nitrogen and oxygen atoms in total. The highest BCUT2D eigenvalue weighted by Gasteiger charge is 2.01. The van der Waals surface area contributed by atoms with Gasteiger partial charge in [0.05, 0.1) is 4.92 Å². The van der Waals surface area contributed by atoms with E-state index in [1.165, 1.54) is 6.08 Å². The molecule has 0 aliphatic carbocycles. The van der Waals surface area contributed by atoms with E-state index in [1.54, 1.807) is 13.8 Å². The van der Waals surface area contributed by atoms with Crippen molar-refractivity contribution in [3.63, 3.8) is 0 Å². The summed E-state index contributed by atoms with van der Waals surface area (Å²) < 4.78 is 0. The van der Waals surface area contributed by atoms with E-state index >= 15 is 0 Å². The van der Waals surface area contributed by atoms with Crippen LogP contribution < -0.4 is 0 Å². The van der Waals surface area contributed by atoms with E-state index in [1.807, 2.05) is 0 Å². The highest BCUT2D eigenvalue weighted by Crippen LogP contribution is 1.98. The molecule has 8 heavy (non-hydrogen) atoms. The maximum absolute atomic E-state index is 9.90. The molecule has 46 valence electrons. The molecule has 0 spiro atoms. The Labute approximate surface area is 48.2 Å². The first kappa shape index (κ1) is 7.14. The van der Waals surface area contributed by atoms with Gasteiger partial charge in [0.2, 0.25) is 5.70 Å². The van der Waals surface area contributed by atoms with E-state index in [0.717, 1.165) is 0 Å². The Hall–Kier alpha value is -0.860. The van der Waals surface area contributed by atoms with Crippen molar-refractivity contribution in [3.8, 4) is 0 Å². The van der Waals surface area contributed by atoms with Crippen molar-refractivity contribution >= 4 is 0 Å². The van der Waals surface area contributed by atoms with Crippen molar-refractivity contribution in [2.24, 2.45) is 0 Å². The molecule has 0 saturated carbocycles. The van der Waals surface area contributed by atoms with Crippen molar-refractivity contribution < 1.29 is 4.92 Å². The van der Waals surface area contributed by atoms with Gasteiger partial charge in [-0.1, -0.05) is 6.92 Å². The maximum Gasteiger partial charge on any atom is 0.241 e. The molecule has 0 fully saturated rings. The number of nitrogens with zero attached hydrogens (tertiary/aromatic N) is 1. The van der Waals surface area contributed by atoms with Crippen LogP contribution in [0.3, 0.4) is 0 Å². The molecule has 0 heterocycles. The summed E-state index contributed by atoms with van der Waals surface area (Å²) in [5.41, 5.74) is 0.282. The SMILES string of the molecule is C/C=C(\CC)[N+](=O)[O-]. The van der Waals surface area contributed by atoms with Crippen LogP contribution in [0.5, 0.6) is 0 Å². The molecule has 0 rings (SSSR count). The van der Waals surface area contributed by atoms with Gasteiger partial charge in [-0.3, -0.25) is 10.1 Å². The van der Waals surface area contributed by atoms with Gasteiger partial charge in [-0.2, -0.15) is 0 Å². The molecule has 0 aromatic heterocycles. The normalized spacial score (nSPS) is 11.5. The topological polar surface area (TPSA) is 43.1 Å². The quantitative estimate of drug-likeness (QED) is 0.405. The van der Waals surface area contributed by atoms with Crippen LogP contribution >= 0.6 is 0 Å². The first-order chi connectivity index (χ1) is 3.72. The average Bonchev–Trinajstić information content (AvgIpc) is 1.69. The van der Waals surface area contributed by atoms with Gasteiger partial charge in [0.15, 0.2) is 0 Å². The molecule has 0 N–H and O–H groups in total. The summed E-state index contributed by atoms with van der Waals surface area (Å²) in [4.78, 5) is 9.54. The number of hydrogen-bond donors (Lipinski definition) is 0. The lowest BCUT2D eigenvalue weighted by Crippen LogP contribution is -1.95. The summed E-state index contributed by atoms with van der Waals surface area (Å²) in [5, 5.41) is 9.90. The van der Waals surface area contributed by atoms with E-state index < -0.39 is 0 Å². The van der Waals surface area contributed by atoms with Gasteiger partial charge in [-0.15, -0.1) is 0 Å². The lowest BCUT2D eigenvalue weighted by atomic mass is 10.3. The maximum atomic E-state index is 9.90. The van der Waals surface area contributed by atoms with E-state index in [-0.39, 0.29) is 10.6 Å². The summed E-state index contributed by atoms with van der Waals surface area (Å²) in [6, 6.07) is 0. The second-order valence-electron chi connectivity index (χ2n) is 1.39. The predicted octanol–water partition coefficient (Wildman–Crippen LogP) is 1.58. The number of rotatable bonds is 2. The lowest BCUT2D eigenvalue weighted by molar-refractivity contribution is -0.427. The average molecular weight is 115 g/mol. The minimum Gasteiger partial charge on any atom is -0.259 e. The minimum atomic E-state index is -0.361. The first-order valence-corrected chi connectivity index (χ1v) is 2.52. The Morgan fingerprint density at radius 3 is 2.38 bits per heavy atom. The van der Waals surface area contributed by atoms with Crippen molar-refractivity contribution in [1.82, 2.24) is 0 Å². The fraction of sp³-hybridized carbons (Fsp3) is 0.600. The van der Waals surface area contributed by atoms with Crippen molar-refractivity contribution in [2.45, 2.75) is 20.3 Å². The van der Waals surface area contributed by atoms with Gasteiger partial charge in [0, 0.05) is 6.42 Å². The van der Waals surface area contributed by atoms with Crippen molar-refractivity contribution in [3.05, 3.63) is 21.9 Å². The van der Waals surface area contributed by atoms with Gasteiger partial charge in [-0.05, 0) is 13.0 Å². The molecule has 3 heteroatoms. The molecule has 0 aromatic carbocycles. The van der Waals surface area contributed by atoms with E-state index in [9.17, 15) is 10.1 Å². The first-order valence-electron chi connectivity index (χ1n) is 2.52. The van der Waals surface area contributed by atoms with Gasteiger partial charge < -0.3 is 0 Å². The smallest absolute Gasteiger partial charge is 0.241 e. The van der Waals surface area contributed by atoms with E-state index in [4.69, 9.17) is 0 Å². The molecule has 0 atom stereocenters. The lowest BCUT2D eigenvalue weighted by Gasteiger charge is -1.87. The molecule has 0 aromatic rings. The largest absolute Gasteiger partial charge is 0.259 e. The Morgan fingerprint density at radius 1 is 1.88 bits per heavy atom. The molecule has 0 radical (unpaired) electrons. The number of allylic oxidation sites excluding steroid dienone is 2. The monoisotopic (exact) mass is 115 g/mol. The van der Waals surface area contributed by atoms with Crippen molar-refractivity contribution in [2.75, 3.05) is 0 Å². The number of hydrogen-bond acceptors (Lipinski definition) is 2. The second-order valence-corrected chi connectivity index (χ2v) is 1.39. The molecule has 0 bridgehead atoms. The van der Waals surface area contributed by atoms with Crippen LogP contribution in [0, 0.1) is 10.1 Å². The Morgan fingerprint density at radius 2 is 2.38 bits per heavy atom. The fourth-order valence-corrected chi connectivity index (χ4v) is 0.439. The molecular weight excluding hydrogens is 106 g/mol. The van der Waals surface area contributed by atoms with Crippen LogP contribution in [-0.4, -0.2) is 4.92 Å². The third-order valence-corrected chi connectivity index (χ3v) is 0.930. The number of nitro groups is 1. The van der Waals surface area contributed by atoms with Crippen LogP contribution in [0.25, 0.3) is 0 Å². The van der Waals surface area contributed by atoms with Crippen LogP contribution in [0.15, 0.2) is 11.8 Å². The molecule has 0 aliphatic rings. The highest BCUT2D eigenvalue weighted by atomic mass is 16.6. The van der Waals surface area contributed by atoms with Crippen LogP contribution in [0.2, 0.25) is 0 Å². The summed E-state index contributed by atoms with van der Waals surface area (Å²) >= 11 is 0. The van der Waals surface area contributed by atoms with Crippen molar-refractivity contribution in [1.29, 1.82) is 0 Å². The Kier molecular flexibility index (Phi) is 2.84. The minimum absolute atomic E-state index is 0.282. The summed E-state index contributed by atoms with van der Waals surface area (Å²) in [6.45, 7) is 3.43. The zero-order chi connectivity index (χ0) is 6.57. The van der Waals surface area contributed by atoms with Gasteiger partial charge in [-0.25, -0.2) is 0 Å². The van der Waals surface area contributed by atoms with Crippen LogP contribution in [0.4, 0.5) is 0 Å². The molecular formula is C5H9NO2. The zero-order valence-electron chi connectivity index (χ0n) is 5.05. The van der Waals surface area contributed by atoms with Gasteiger partial charge in [0.1, 0.15) is 0 Å². The molecule has 0 saturated heterocycles. The highest BCUT2D eigenvalue weighted by molar-refractivity contribution is 4.86. The Bertz CT molecular complexity index is 118. The summed E-state index contributed by atoms with van der Waals surface area (Å²) in [5.74, 6) is 0. The third kappa shape index (κ3) is 1.73. The van der Waals surface area contributed by atoms with Crippen LogP contribution in [-0.2, 0) is 0 Å². The van der Waals surface area contributed by atoms with Crippen LogP contribution in [0.1, 0.15) is 20.3 Å². The fourth-order valence-electron chi connectivity index (χ4n) is 0.439. The standard InChI is InChI=1S/C5H9NO2/c1-3-5(4-2)6(7)8/h3H,4H2,1-2H3/b5-3+. The van der Waals surface area contributed by atoms with Gasteiger partial charge in [0.25, 0.3) is 0 Å². The Balaban J connectivity index is 3.92. The van der Waals surface area contributed by atoms with Gasteiger partial charge >= 0.3 is 0 Å². The van der Waals surface area contributed by atoms with E-state index in [2.05, 4.69) is 0 Å². The third-order valence-electron chi connectivity index (χ3n) is 0.930. The summed E-state index contributed by atoms with van der Waals surface area (Å²) in [7, 11) is 0. The van der Waals surface area contributed by atoms with E-state index in [0.29, 0.717) is 6.42 Å². The molecule has 0 amide bonds. The molecule has 0 unspecified atom stereocenters. The second kappa shape index (κ2) is 3.18.